The van der Waals surface area contributed by atoms with Crippen LogP contribution in [0.2, 0.25) is 0 Å². The van der Waals surface area contributed by atoms with Crippen LogP contribution in [0.25, 0.3) is 22.4 Å². The van der Waals surface area contributed by atoms with Crippen LogP contribution in [0.15, 0.2) is 46.9 Å². The highest BCUT2D eigenvalue weighted by atomic mass is 79.9. The molecule has 0 saturated heterocycles. The van der Waals surface area contributed by atoms with Crippen molar-refractivity contribution in [1.29, 1.82) is 0 Å². The first-order valence-electron chi connectivity index (χ1n) is 6.50. The molecule has 1 heterocycles. The van der Waals surface area contributed by atoms with Gasteiger partial charge in [0.15, 0.2) is 0 Å². The van der Waals surface area contributed by atoms with Crippen molar-refractivity contribution in [2.24, 2.45) is 0 Å². The van der Waals surface area contributed by atoms with E-state index in [1.807, 2.05) is 49.4 Å². The predicted molar refractivity (Wildman–Crippen MR) is 85.2 cm³/mol. The van der Waals surface area contributed by atoms with Gasteiger partial charge in [-0.2, -0.15) is 0 Å². The van der Waals surface area contributed by atoms with Crippen LogP contribution < -0.4 is 0 Å². The number of carboxylic acid groups (broad SMARTS) is 1. The molecule has 0 aliphatic heterocycles. The minimum Gasteiger partial charge on any atom is -0.480 e. The summed E-state index contributed by atoms with van der Waals surface area (Å²) in [7, 11) is 0. The molecular weight excluding hydrogens is 332 g/mol. The Morgan fingerprint density at radius 1 is 1.29 bits per heavy atom. The summed E-state index contributed by atoms with van der Waals surface area (Å²) in [6.45, 7) is 1.89. The maximum absolute atomic E-state index is 11.2. The third kappa shape index (κ3) is 2.56. The van der Waals surface area contributed by atoms with Crippen LogP contribution in [-0.2, 0) is 11.3 Å². The summed E-state index contributed by atoms with van der Waals surface area (Å²) in [5.41, 5.74) is 3.62. The molecule has 0 bridgehead atoms. The molecule has 0 atom stereocenters. The molecule has 0 fully saturated rings. The second-order valence-electron chi connectivity index (χ2n) is 4.87. The fourth-order valence-corrected chi connectivity index (χ4v) is 2.62. The maximum atomic E-state index is 11.2. The van der Waals surface area contributed by atoms with E-state index in [-0.39, 0.29) is 6.54 Å². The van der Waals surface area contributed by atoms with Crippen molar-refractivity contribution in [2.75, 3.05) is 0 Å². The Labute approximate surface area is 130 Å². The van der Waals surface area contributed by atoms with Gasteiger partial charge < -0.3 is 9.67 Å². The molecule has 4 nitrogen and oxygen atoms in total. The average Bonchev–Trinajstić information content (AvgIpc) is 2.80. The zero-order valence-corrected chi connectivity index (χ0v) is 13.0. The lowest BCUT2D eigenvalue weighted by molar-refractivity contribution is -0.137. The summed E-state index contributed by atoms with van der Waals surface area (Å²) in [5.74, 6) is -0.206. The number of halogens is 1. The second kappa shape index (κ2) is 5.33. The average molecular weight is 345 g/mol. The highest BCUT2D eigenvalue weighted by molar-refractivity contribution is 9.10. The summed E-state index contributed by atoms with van der Waals surface area (Å²) >= 11 is 3.47. The van der Waals surface area contributed by atoms with Gasteiger partial charge in [0, 0.05) is 10.0 Å². The van der Waals surface area contributed by atoms with Gasteiger partial charge >= 0.3 is 5.97 Å². The number of carbonyl (C=O) groups is 1. The summed E-state index contributed by atoms with van der Waals surface area (Å²) < 4.78 is 2.76. The van der Waals surface area contributed by atoms with Gasteiger partial charge in [-0.1, -0.05) is 34.1 Å². The van der Waals surface area contributed by atoms with E-state index >= 15 is 0 Å². The molecule has 106 valence electrons. The Morgan fingerprint density at radius 2 is 2.05 bits per heavy atom. The molecule has 0 aliphatic carbocycles. The molecule has 2 aromatic carbocycles. The van der Waals surface area contributed by atoms with Gasteiger partial charge in [-0.05, 0) is 36.8 Å². The number of nitrogens with zero attached hydrogens (tertiary/aromatic N) is 2. The van der Waals surface area contributed by atoms with E-state index in [2.05, 4.69) is 20.9 Å². The minimum absolute atomic E-state index is 0.106. The normalized spacial score (nSPS) is 11.0. The first-order valence-corrected chi connectivity index (χ1v) is 7.29. The molecule has 0 saturated carbocycles. The quantitative estimate of drug-likeness (QED) is 0.784. The Morgan fingerprint density at radius 3 is 2.76 bits per heavy atom. The van der Waals surface area contributed by atoms with E-state index in [0.717, 1.165) is 26.6 Å². The first kappa shape index (κ1) is 13.8. The van der Waals surface area contributed by atoms with Crippen molar-refractivity contribution in [3.63, 3.8) is 0 Å². The third-order valence-electron chi connectivity index (χ3n) is 3.36. The van der Waals surface area contributed by atoms with Gasteiger partial charge in [0.05, 0.1) is 11.0 Å². The zero-order valence-electron chi connectivity index (χ0n) is 11.4. The molecule has 0 spiro atoms. The number of rotatable bonds is 3. The van der Waals surface area contributed by atoms with E-state index in [1.54, 1.807) is 4.57 Å². The second-order valence-corrected chi connectivity index (χ2v) is 5.72. The summed E-state index contributed by atoms with van der Waals surface area (Å²) in [6.07, 6.45) is 0. The molecule has 21 heavy (non-hydrogen) atoms. The van der Waals surface area contributed by atoms with Crippen LogP contribution in [0, 0.1) is 6.92 Å². The van der Waals surface area contributed by atoms with E-state index in [4.69, 9.17) is 5.11 Å². The lowest BCUT2D eigenvalue weighted by Crippen LogP contribution is -2.10. The van der Waals surface area contributed by atoms with Crippen LogP contribution in [0.5, 0.6) is 0 Å². The number of benzene rings is 2. The monoisotopic (exact) mass is 344 g/mol. The van der Waals surface area contributed by atoms with Crippen LogP contribution in [0.4, 0.5) is 0 Å². The Hall–Kier alpha value is -2.14. The molecule has 3 aromatic rings. The topological polar surface area (TPSA) is 55.1 Å². The number of para-hydroxylation sites is 2. The maximum Gasteiger partial charge on any atom is 0.323 e. The van der Waals surface area contributed by atoms with Crippen molar-refractivity contribution < 1.29 is 9.90 Å². The summed E-state index contributed by atoms with van der Waals surface area (Å²) in [4.78, 5) is 15.7. The van der Waals surface area contributed by atoms with Gasteiger partial charge in [0.25, 0.3) is 0 Å². The smallest absolute Gasteiger partial charge is 0.323 e. The molecule has 0 aliphatic rings. The lowest BCUT2D eigenvalue weighted by atomic mass is 10.1. The van der Waals surface area contributed by atoms with Gasteiger partial charge in [0.1, 0.15) is 12.4 Å². The SMILES string of the molecule is Cc1cc(-c2nc3ccccc3n2CC(=O)O)ccc1Br. The van der Waals surface area contributed by atoms with Crippen molar-refractivity contribution >= 4 is 32.9 Å². The fourth-order valence-electron chi connectivity index (χ4n) is 2.37. The highest BCUT2D eigenvalue weighted by Crippen LogP contribution is 2.27. The van der Waals surface area contributed by atoms with E-state index in [1.165, 1.54) is 0 Å². The van der Waals surface area contributed by atoms with Crippen molar-refractivity contribution in [3.05, 3.63) is 52.5 Å². The summed E-state index contributed by atoms with van der Waals surface area (Å²) in [5, 5.41) is 9.16. The number of hydrogen-bond acceptors (Lipinski definition) is 2. The molecule has 3 rings (SSSR count). The molecule has 1 N–H and O–H groups in total. The highest BCUT2D eigenvalue weighted by Gasteiger charge is 2.15. The molecule has 0 unspecified atom stereocenters. The number of aryl methyl sites for hydroxylation is 1. The largest absolute Gasteiger partial charge is 0.480 e. The van der Waals surface area contributed by atoms with E-state index < -0.39 is 5.97 Å². The van der Waals surface area contributed by atoms with Crippen LogP contribution in [0.3, 0.4) is 0 Å². The molecule has 1 aromatic heterocycles. The third-order valence-corrected chi connectivity index (χ3v) is 4.25. The molecule has 5 heteroatoms. The molecule has 0 amide bonds. The number of hydrogen-bond donors (Lipinski definition) is 1. The van der Waals surface area contributed by atoms with E-state index in [0.29, 0.717) is 5.82 Å². The minimum atomic E-state index is -0.881. The molecule has 0 radical (unpaired) electrons. The first-order chi connectivity index (χ1) is 10.1. The van der Waals surface area contributed by atoms with Gasteiger partial charge in [-0.15, -0.1) is 0 Å². The van der Waals surface area contributed by atoms with Crippen LogP contribution in [-0.4, -0.2) is 20.6 Å². The van der Waals surface area contributed by atoms with Crippen molar-refractivity contribution in [1.82, 2.24) is 9.55 Å². The Kier molecular flexibility index (Phi) is 3.51. The summed E-state index contributed by atoms with van der Waals surface area (Å²) in [6, 6.07) is 13.5. The van der Waals surface area contributed by atoms with E-state index in [9.17, 15) is 4.79 Å². The number of carboxylic acids is 1. The zero-order chi connectivity index (χ0) is 15.0. The fraction of sp³-hybridized carbons (Fsp3) is 0.125. The van der Waals surface area contributed by atoms with Crippen LogP contribution >= 0.6 is 15.9 Å². The predicted octanol–water partition coefficient (Wildman–Crippen LogP) is 3.86. The lowest BCUT2D eigenvalue weighted by Gasteiger charge is -2.08. The number of aliphatic carboxylic acids is 1. The van der Waals surface area contributed by atoms with Crippen molar-refractivity contribution in [2.45, 2.75) is 13.5 Å². The molecular formula is C16H13BrN2O2. The van der Waals surface area contributed by atoms with Gasteiger partial charge in [-0.25, -0.2) is 4.98 Å². The number of aromatic nitrogens is 2. The number of fused-ring (bicyclic) bond motifs is 1. The number of imidazole rings is 1. The standard InChI is InChI=1S/C16H13BrN2O2/c1-10-8-11(6-7-12(10)17)16-18-13-4-2-3-5-14(13)19(16)9-15(20)21/h2-8H,9H2,1H3,(H,20,21). The van der Waals surface area contributed by atoms with Crippen molar-refractivity contribution in [3.8, 4) is 11.4 Å². The van der Waals surface area contributed by atoms with Crippen LogP contribution in [0.1, 0.15) is 5.56 Å². The Bertz CT molecular complexity index is 839. The Balaban J connectivity index is 2.25. The van der Waals surface area contributed by atoms with Gasteiger partial charge in [0.2, 0.25) is 0 Å². The van der Waals surface area contributed by atoms with Gasteiger partial charge in [-0.3, -0.25) is 4.79 Å².